The first kappa shape index (κ1) is 10.1. The molecular weight excluding hydrogens is 162 g/mol. The molecule has 0 aliphatic carbocycles. The summed E-state index contributed by atoms with van der Waals surface area (Å²) in [5, 5.41) is 3.33. The van der Waals surface area contributed by atoms with Crippen molar-refractivity contribution in [1.29, 1.82) is 0 Å². The average Bonchev–Trinajstić information content (AvgIpc) is 2.51. The van der Waals surface area contributed by atoms with Gasteiger partial charge in [0, 0.05) is 25.5 Å². The van der Waals surface area contributed by atoms with Gasteiger partial charge in [0.15, 0.2) is 0 Å². The Morgan fingerprint density at radius 3 is 2.92 bits per heavy atom. The van der Waals surface area contributed by atoms with Gasteiger partial charge in [0.05, 0.1) is 0 Å². The van der Waals surface area contributed by atoms with Crippen LogP contribution in [0.2, 0.25) is 0 Å². The average molecular weight is 181 g/mol. The first-order chi connectivity index (χ1) is 6.24. The highest BCUT2D eigenvalue weighted by molar-refractivity contribution is 5.25. The number of hydrogen-bond acceptors (Lipinski definition) is 2. The molecule has 0 atom stereocenters. The molecule has 0 saturated carbocycles. The van der Waals surface area contributed by atoms with E-state index < -0.39 is 0 Å². The van der Waals surface area contributed by atoms with Crippen molar-refractivity contribution in [2.24, 2.45) is 5.92 Å². The topological polar surface area (TPSA) is 29.9 Å². The second-order valence-corrected chi connectivity index (χ2v) is 3.65. The standard InChI is InChI=1S/C10H19N3/c1-4-13-8-7-12-10(13)11-6-5-9(2)3/h7-9H,4-6H2,1-3H3,(H,11,12). The molecule has 0 bridgehead atoms. The lowest BCUT2D eigenvalue weighted by molar-refractivity contribution is 0.603. The number of hydrogen-bond donors (Lipinski definition) is 1. The largest absolute Gasteiger partial charge is 0.356 e. The van der Waals surface area contributed by atoms with E-state index in [4.69, 9.17) is 0 Å². The zero-order valence-corrected chi connectivity index (χ0v) is 8.75. The first-order valence-corrected chi connectivity index (χ1v) is 4.99. The predicted octanol–water partition coefficient (Wildman–Crippen LogP) is 2.36. The molecule has 0 aliphatic heterocycles. The predicted molar refractivity (Wildman–Crippen MR) is 55.8 cm³/mol. The van der Waals surface area contributed by atoms with Crippen LogP contribution in [0, 0.1) is 5.92 Å². The van der Waals surface area contributed by atoms with Gasteiger partial charge in [-0.25, -0.2) is 4.98 Å². The van der Waals surface area contributed by atoms with E-state index in [9.17, 15) is 0 Å². The van der Waals surface area contributed by atoms with Crippen LogP contribution in [0.5, 0.6) is 0 Å². The number of aryl methyl sites for hydroxylation is 1. The lowest BCUT2D eigenvalue weighted by Gasteiger charge is -2.08. The quantitative estimate of drug-likeness (QED) is 0.755. The maximum Gasteiger partial charge on any atom is 0.202 e. The third-order valence-electron chi connectivity index (χ3n) is 2.06. The monoisotopic (exact) mass is 181 g/mol. The minimum Gasteiger partial charge on any atom is -0.356 e. The second kappa shape index (κ2) is 4.90. The molecular formula is C10H19N3. The lowest BCUT2D eigenvalue weighted by atomic mass is 10.1. The molecule has 74 valence electrons. The molecule has 0 aliphatic rings. The van der Waals surface area contributed by atoms with Gasteiger partial charge >= 0.3 is 0 Å². The second-order valence-electron chi connectivity index (χ2n) is 3.65. The van der Waals surface area contributed by atoms with Gasteiger partial charge in [-0.2, -0.15) is 0 Å². The summed E-state index contributed by atoms with van der Waals surface area (Å²) < 4.78 is 2.11. The maximum absolute atomic E-state index is 4.24. The normalized spacial score (nSPS) is 10.8. The fraction of sp³-hybridized carbons (Fsp3) is 0.700. The summed E-state index contributed by atoms with van der Waals surface area (Å²) in [6.07, 6.45) is 5.02. The van der Waals surface area contributed by atoms with Crippen molar-refractivity contribution in [1.82, 2.24) is 9.55 Å². The van der Waals surface area contributed by atoms with Gasteiger partial charge in [-0.15, -0.1) is 0 Å². The van der Waals surface area contributed by atoms with Gasteiger partial charge in [0.25, 0.3) is 0 Å². The number of nitrogens with one attached hydrogen (secondary N) is 1. The van der Waals surface area contributed by atoms with Gasteiger partial charge in [-0.1, -0.05) is 13.8 Å². The van der Waals surface area contributed by atoms with Crippen LogP contribution in [-0.4, -0.2) is 16.1 Å². The fourth-order valence-electron chi connectivity index (χ4n) is 1.20. The summed E-state index contributed by atoms with van der Waals surface area (Å²) in [6.45, 7) is 8.57. The molecule has 13 heavy (non-hydrogen) atoms. The van der Waals surface area contributed by atoms with Crippen molar-refractivity contribution in [2.75, 3.05) is 11.9 Å². The minimum absolute atomic E-state index is 0.748. The molecule has 3 nitrogen and oxygen atoms in total. The fourth-order valence-corrected chi connectivity index (χ4v) is 1.20. The third-order valence-corrected chi connectivity index (χ3v) is 2.06. The highest BCUT2D eigenvalue weighted by Crippen LogP contribution is 2.05. The summed E-state index contributed by atoms with van der Waals surface area (Å²) >= 11 is 0. The zero-order valence-electron chi connectivity index (χ0n) is 8.75. The maximum atomic E-state index is 4.24. The van der Waals surface area contributed by atoms with Crippen LogP contribution < -0.4 is 5.32 Å². The highest BCUT2D eigenvalue weighted by atomic mass is 15.2. The summed E-state index contributed by atoms with van der Waals surface area (Å²) in [7, 11) is 0. The Morgan fingerprint density at radius 2 is 2.31 bits per heavy atom. The van der Waals surface area contributed by atoms with E-state index in [1.807, 2.05) is 12.4 Å². The Bertz CT molecular complexity index is 240. The van der Waals surface area contributed by atoms with E-state index in [0.717, 1.165) is 25.0 Å². The van der Waals surface area contributed by atoms with E-state index >= 15 is 0 Å². The van der Waals surface area contributed by atoms with Gasteiger partial charge in [-0.05, 0) is 19.3 Å². The van der Waals surface area contributed by atoms with E-state index in [0.29, 0.717) is 0 Å². The molecule has 1 N–H and O–H groups in total. The lowest BCUT2D eigenvalue weighted by Crippen LogP contribution is -2.09. The Balaban J connectivity index is 2.36. The summed E-state index contributed by atoms with van der Waals surface area (Å²) in [5.74, 6) is 1.74. The van der Waals surface area contributed by atoms with Crippen molar-refractivity contribution >= 4 is 5.95 Å². The molecule has 1 rings (SSSR count). The summed E-state index contributed by atoms with van der Waals surface area (Å²) in [5.41, 5.74) is 0. The summed E-state index contributed by atoms with van der Waals surface area (Å²) in [6, 6.07) is 0. The molecule has 0 spiro atoms. The van der Waals surface area contributed by atoms with Crippen LogP contribution in [-0.2, 0) is 6.54 Å². The first-order valence-electron chi connectivity index (χ1n) is 4.99. The smallest absolute Gasteiger partial charge is 0.202 e. The SMILES string of the molecule is CCn1ccnc1NCCC(C)C. The van der Waals surface area contributed by atoms with Crippen LogP contribution in [0.15, 0.2) is 12.4 Å². The van der Waals surface area contributed by atoms with Crippen LogP contribution in [0.4, 0.5) is 5.95 Å². The van der Waals surface area contributed by atoms with Crippen molar-refractivity contribution in [3.8, 4) is 0 Å². The van der Waals surface area contributed by atoms with E-state index in [2.05, 4.69) is 35.6 Å². The molecule has 3 heteroatoms. The molecule has 0 fully saturated rings. The molecule has 0 radical (unpaired) electrons. The Hall–Kier alpha value is -0.990. The van der Waals surface area contributed by atoms with Gasteiger partial charge in [0.1, 0.15) is 0 Å². The highest BCUT2D eigenvalue weighted by Gasteiger charge is 1.99. The molecule has 0 amide bonds. The van der Waals surface area contributed by atoms with Crippen LogP contribution in [0.25, 0.3) is 0 Å². The van der Waals surface area contributed by atoms with Crippen molar-refractivity contribution < 1.29 is 0 Å². The van der Waals surface area contributed by atoms with Crippen LogP contribution in [0.1, 0.15) is 27.2 Å². The van der Waals surface area contributed by atoms with Crippen molar-refractivity contribution in [3.63, 3.8) is 0 Å². The Kier molecular flexibility index (Phi) is 3.80. The van der Waals surface area contributed by atoms with Gasteiger partial charge in [-0.3, -0.25) is 0 Å². The number of anilines is 1. The number of nitrogens with zero attached hydrogens (tertiary/aromatic N) is 2. The minimum atomic E-state index is 0.748. The van der Waals surface area contributed by atoms with E-state index in [-0.39, 0.29) is 0 Å². The van der Waals surface area contributed by atoms with Crippen LogP contribution in [0.3, 0.4) is 0 Å². The number of rotatable bonds is 5. The molecule has 1 aromatic rings. The molecule has 0 saturated heterocycles. The van der Waals surface area contributed by atoms with Crippen molar-refractivity contribution in [3.05, 3.63) is 12.4 Å². The zero-order chi connectivity index (χ0) is 9.68. The molecule has 0 unspecified atom stereocenters. The summed E-state index contributed by atoms with van der Waals surface area (Å²) in [4.78, 5) is 4.24. The van der Waals surface area contributed by atoms with E-state index in [1.54, 1.807) is 0 Å². The third kappa shape index (κ3) is 3.09. The van der Waals surface area contributed by atoms with Crippen LogP contribution >= 0.6 is 0 Å². The molecule has 0 aromatic carbocycles. The number of aromatic nitrogens is 2. The molecule has 1 heterocycles. The van der Waals surface area contributed by atoms with Gasteiger partial charge < -0.3 is 9.88 Å². The van der Waals surface area contributed by atoms with Crippen molar-refractivity contribution in [2.45, 2.75) is 33.7 Å². The number of imidazole rings is 1. The van der Waals surface area contributed by atoms with E-state index in [1.165, 1.54) is 6.42 Å². The molecule has 1 aromatic heterocycles. The van der Waals surface area contributed by atoms with Gasteiger partial charge in [0.2, 0.25) is 5.95 Å². The Labute approximate surface area is 80.2 Å². The Morgan fingerprint density at radius 1 is 1.54 bits per heavy atom.